The standard InChI is InChI=1S/C19H25NO6/c1-19(24)10-13(21)15(17(22)25-4)14(16(19)18(23)26-5)11-6-8-12(9-7-11)20(2)3/h6-9,14-16,24H,10H2,1-5H3/t14-,15-,16+,19-/m1/s1. The number of rotatable bonds is 4. The summed E-state index contributed by atoms with van der Waals surface area (Å²) in [6.45, 7) is 1.42. The highest BCUT2D eigenvalue weighted by molar-refractivity contribution is 6.02. The third-order valence-corrected chi connectivity index (χ3v) is 4.97. The van der Waals surface area contributed by atoms with Crippen molar-refractivity contribution in [3.8, 4) is 0 Å². The Morgan fingerprint density at radius 2 is 1.65 bits per heavy atom. The monoisotopic (exact) mass is 363 g/mol. The predicted octanol–water partition coefficient (Wildman–Crippen LogP) is 1.14. The summed E-state index contributed by atoms with van der Waals surface area (Å²) in [5.41, 5.74) is -0.110. The summed E-state index contributed by atoms with van der Waals surface area (Å²) in [5.74, 6) is -4.96. The number of esters is 2. The van der Waals surface area contributed by atoms with Crippen LogP contribution >= 0.6 is 0 Å². The van der Waals surface area contributed by atoms with E-state index < -0.39 is 41.1 Å². The van der Waals surface area contributed by atoms with E-state index in [4.69, 9.17) is 9.47 Å². The molecular weight excluding hydrogens is 338 g/mol. The highest BCUT2D eigenvalue weighted by atomic mass is 16.5. The molecule has 4 atom stereocenters. The highest BCUT2D eigenvalue weighted by Gasteiger charge is 2.56. The fourth-order valence-corrected chi connectivity index (χ4v) is 3.66. The molecule has 1 N–H and O–H groups in total. The van der Waals surface area contributed by atoms with E-state index in [1.54, 1.807) is 12.1 Å². The summed E-state index contributed by atoms with van der Waals surface area (Å²) in [7, 11) is 6.19. The lowest BCUT2D eigenvalue weighted by molar-refractivity contribution is -0.170. The van der Waals surface area contributed by atoms with Gasteiger partial charge in [-0.2, -0.15) is 0 Å². The van der Waals surface area contributed by atoms with Gasteiger partial charge in [0.25, 0.3) is 0 Å². The molecule has 0 bridgehead atoms. The number of carbonyl (C=O) groups excluding carboxylic acids is 3. The second-order valence-corrected chi connectivity index (χ2v) is 7.01. The van der Waals surface area contributed by atoms with Crippen LogP contribution in [-0.4, -0.2) is 56.7 Å². The van der Waals surface area contributed by atoms with Crippen molar-refractivity contribution in [1.29, 1.82) is 0 Å². The lowest BCUT2D eigenvalue weighted by atomic mass is 9.62. The van der Waals surface area contributed by atoms with Crippen molar-refractivity contribution in [1.82, 2.24) is 0 Å². The number of ether oxygens (including phenoxy) is 2. The third-order valence-electron chi connectivity index (χ3n) is 4.97. The van der Waals surface area contributed by atoms with Crippen LogP contribution in [0.4, 0.5) is 5.69 Å². The topological polar surface area (TPSA) is 93.1 Å². The molecule has 0 saturated heterocycles. The maximum absolute atomic E-state index is 12.6. The number of anilines is 1. The number of ketones is 1. The largest absolute Gasteiger partial charge is 0.469 e. The number of Topliss-reactive ketones (excluding diaryl/α,β-unsaturated/α-hetero) is 1. The van der Waals surface area contributed by atoms with Gasteiger partial charge in [0.15, 0.2) is 5.78 Å². The molecule has 0 aromatic heterocycles. The lowest BCUT2D eigenvalue weighted by Gasteiger charge is -2.43. The molecule has 26 heavy (non-hydrogen) atoms. The van der Waals surface area contributed by atoms with E-state index in [9.17, 15) is 19.5 Å². The van der Waals surface area contributed by atoms with Crippen molar-refractivity contribution in [3.05, 3.63) is 29.8 Å². The van der Waals surface area contributed by atoms with Crippen LogP contribution in [0.2, 0.25) is 0 Å². The summed E-state index contributed by atoms with van der Waals surface area (Å²) in [6, 6.07) is 7.15. The second-order valence-electron chi connectivity index (χ2n) is 7.01. The number of carbonyl (C=O) groups is 3. The molecule has 1 saturated carbocycles. The molecule has 2 rings (SSSR count). The summed E-state index contributed by atoms with van der Waals surface area (Å²) in [5, 5.41) is 10.8. The molecule has 7 heteroatoms. The molecule has 1 aliphatic carbocycles. The second kappa shape index (κ2) is 7.45. The maximum atomic E-state index is 12.6. The fourth-order valence-electron chi connectivity index (χ4n) is 3.66. The molecule has 7 nitrogen and oxygen atoms in total. The molecule has 1 aromatic carbocycles. The Labute approximate surface area is 152 Å². The SMILES string of the molecule is COC(=O)[C@@H]1C(=O)C[C@@](C)(O)[C@H](C(=O)OC)[C@@H]1c1ccc(N(C)C)cc1. The fraction of sp³-hybridized carbons (Fsp3) is 0.526. The van der Waals surface area contributed by atoms with Gasteiger partial charge in [0.1, 0.15) is 5.92 Å². The van der Waals surface area contributed by atoms with E-state index in [-0.39, 0.29) is 6.42 Å². The first-order chi connectivity index (χ1) is 12.1. The van der Waals surface area contributed by atoms with Crippen LogP contribution in [0.25, 0.3) is 0 Å². The molecule has 1 aliphatic rings. The first kappa shape index (κ1) is 19.9. The summed E-state index contributed by atoms with van der Waals surface area (Å²) in [6.07, 6.45) is -0.321. The molecule has 0 heterocycles. The predicted molar refractivity (Wildman–Crippen MR) is 94.8 cm³/mol. The Hall–Kier alpha value is -2.41. The highest BCUT2D eigenvalue weighted by Crippen LogP contribution is 2.46. The van der Waals surface area contributed by atoms with E-state index >= 15 is 0 Å². The van der Waals surface area contributed by atoms with Crippen molar-refractivity contribution < 1.29 is 29.0 Å². The third kappa shape index (κ3) is 3.58. The normalized spacial score (nSPS) is 28.4. The van der Waals surface area contributed by atoms with Crippen molar-refractivity contribution in [2.45, 2.75) is 24.9 Å². The van der Waals surface area contributed by atoms with Crippen LogP contribution in [0, 0.1) is 11.8 Å². The van der Waals surface area contributed by atoms with E-state index in [2.05, 4.69) is 0 Å². The van der Waals surface area contributed by atoms with Gasteiger partial charge < -0.3 is 19.5 Å². The number of nitrogens with zero attached hydrogens (tertiary/aromatic N) is 1. The number of hydrogen-bond donors (Lipinski definition) is 1. The Bertz CT molecular complexity index is 694. The zero-order valence-corrected chi connectivity index (χ0v) is 15.7. The molecule has 0 aliphatic heterocycles. The van der Waals surface area contributed by atoms with Crippen LogP contribution in [0.1, 0.15) is 24.8 Å². The Morgan fingerprint density at radius 1 is 1.12 bits per heavy atom. The van der Waals surface area contributed by atoms with Gasteiger partial charge in [0, 0.05) is 32.1 Å². The van der Waals surface area contributed by atoms with Gasteiger partial charge in [-0.3, -0.25) is 14.4 Å². The lowest BCUT2D eigenvalue weighted by Crippen LogP contribution is -2.55. The first-order valence-corrected chi connectivity index (χ1v) is 8.32. The van der Waals surface area contributed by atoms with Crippen molar-refractivity contribution in [3.63, 3.8) is 0 Å². The molecule has 0 radical (unpaired) electrons. The number of hydrogen-bond acceptors (Lipinski definition) is 7. The molecule has 0 amide bonds. The van der Waals surface area contributed by atoms with Gasteiger partial charge in [-0.25, -0.2) is 0 Å². The molecule has 1 aromatic rings. The molecule has 142 valence electrons. The van der Waals surface area contributed by atoms with Crippen LogP contribution in [-0.2, 0) is 23.9 Å². The number of methoxy groups -OCH3 is 2. The van der Waals surface area contributed by atoms with Gasteiger partial charge in [0.05, 0.1) is 25.7 Å². The minimum absolute atomic E-state index is 0.321. The van der Waals surface area contributed by atoms with E-state index in [0.717, 1.165) is 5.69 Å². The van der Waals surface area contributed by atoms with Crippen LogP contribution in [0.5, 0.6) is 0 Å². The van der Waals surface area contributed by atoms with Gasteiger partial charge in [-0.15, -0.1) is 0 Å². The molecular formula is C19H25NO6. The summed E-state index contributed by atoms with van der Waals surface area (Å²) in [4.78, 5) is 39.3. The minimum Gasteiger partial charge on any atom is -0.469 e. The minimum atomic E-state index is -1.63. The maximum Gasteiger partial charge on any atom is 0.316 e. The van der Waals surface area contributed by atoms with Gasteiger partial charge >= 0.3 is 11.9 Å². The van der Waals surface area contributed by atoms with Crippen molar-refractivity contribution in [2.75, 3.05) is 33.2 Å². The smallest absolute Gasteiger partial charge is 0.316 e. The average Bonchev–Trinajstić information content (AvgIpc) is 2.59. The summed E-state index contributed by atoms with van der Waals surface area (Å²) < 4.78 is 9.67. The molecule has 0 spiro atoms. The first-order valence-electron chi connectivity index (χ1n) is 8.32. The zero-order chi connectivity index (χ0) is 19.6. The average molecular weight is 363 g/mol. The Kier molecular flexibility index (Phi) is 5.71. The van der Waals surface area contributed by atoms with Crippen LogP contribution in [0.15, 0.2) is 24.3 Å². The van der Waals surface area contributed by atoms with E-state index in [1.807, 2.05) is 31.1 Å². The van der Waals surface area contributed by atoms with Crippen LogP contribution in [0.3, 0.4) is 0 Å². The zero-order valence-electron chi connectivity index (χ0n) is 15.7. The number of benzene rings is 1. The van der Waals surface area contributed by atoms with E-state index in [0.29, 0.717) is 5.56 Å². The molecule has 1 fully saturated rings. The van der Waals surface area contributed by atoms with Gasteiger partial charge in [0.2, 0.25) is 0 Å². The Morgan fingerprint density at radius 3 is 2.12 bits per heavy atom. The van der Waals surface area contributed by atoms with Gasteiger partial charge in [-0.1, -0.05) is 12.1 Å². The van der Waals surface area contributed by atoms with E-state index in [1.165, 1.54) is 21.1 Å². The quantitative estimate of drug-likeness (QED) is 0.633. The molecule has 0 unspecified atom stereocenters. The van der Waals surface area contributed by atoms with Crippen LogP contribution < -0.4 is 4.90 Å². The van der Waals surface area contributed by atoms with Crippen molar-refractivity contribution in [2.24, 2.45) is 11.8 Å². The Balaban J connectivity index is 2.61. The van der Waals surface area contributed by atoms with Crippen molar-refractivity contribution >= 4 is 23.4 Å². The summed E-state index contributed by atoms with van der Waals surface area (Å²) >= 11 is 0. The van der Waals surface area contributed by atoms with Gasteiger partial charge in [-0.05, 0) is 24.6 Å². The number of aliphatic hydroxyl groups is 1.